The van der Waals surface area contributed by atoms with E-state index < -0.39 is 6.10 Å². The summed E-state index contributed by atoms with van der Waals surface area (Å²) in [5.41, 5.74) is 1.79. The average Bonchev–Trinajstić information content (AvgIpc) is 3.26. The van der Waals surface area contributed by atoms with E-state index in [4.69, 9.17) is 11.6 Å². The highest BCUT2D eigenvalue weighted by atomic mass is 35.5. The first-order valence-corrected chi connectivity index (χ1v) is 8.91. The van der Waals surface area contributed by atoms with Crippen LogP contribution in [0.25, 0.3) is 10.9 Å². The predicted octanol–water partition coefficient (Wildman–Crippen LogP) is 3.21. The fraction of sp³-hybridized carbons (Fsp3) is 0.316. The summed E-state index contributed by atoms with van der Waals surface area (Å²) < 4.78 is 2.03. The van der Waals surface area contributed by atoms with Crippen molar-refractivity contribution >= 4 is 28.2 Å². The normalized spacial score (nSPS) is 22.4. The van der Waals surface area contributed by atoms with Crippen LogP contribution in [-0.4, -0.2) is 31.8 Å². The minimum atomic E-state index is -0.475. The van der Waals surface area contributed by atoms with Crippen molar-refractivity contribution in [1.29, 1.82) is 5.26 Å². The maximum absolute atomic E-state index is 10.5. The van der Waals surface area contributed by atoms with Crippen molar-refractivity contribution in [3.8, 4) is 6.07 Å². The lowest BCUT2D eigenvalue weighted by Crippen LogP contribution is -2.28. The van der Waals surface area contributed by atoms with E-state index in [1.165, 1.54) is 6.20 Å². The van der Waals surface area contributed by atoms with Crippen molar-refractivity contribution < 1.29 is 5.11 Å². The topological polar surface area (TPSA) is 86.8 Å². The zero-order valence-corrected chi connectivity index (χ0v) is 14.8. The molecule has 1 aliphatic carbocycles. The lowest BCUT2D eigenvalue weighted by Gasteiger charge is -2.20. The van der Waals surface area contributed by atoms with Crippen LogP contribution in [0.2, 0.25) is 5.02 Å². The molecule has 4 rings (SSSR count). The molecule has 2 N–H and O–H groups in total. The van der Waals surface area contributed by atoms with Crippen molar-refractivity contribution in [3.05, 3.63) is 53.7 Å². The highest BCUT2D eigenvalue weighted by molar-refractivity contribution is 6.35. The minimum Gasteiger partial charge on any atom is -0.391 e. The monoisotopic (exact) mass is 367 g/mol. The van der Waals surface area contributed by atoms with Gasteiger partial charge < -0.3 is 15.0 Å². The Morgan fingerprint density at radius 1 is 1.38 bits per heavy atom. The number of rotatable bonds is 4. The summed E-state index contributed by atoms with van der Waals surface area (Å²) in [4.78, 5) is 8.37. The van der Waals surface area contributed by atoms with Gasteiger partial charge in [-0.15, -0.1) is 0 Å². The van der Waals surface area contributed by atoms with Crippen molar-refractivity contribution in [2.75, 3.05) is 5.32 Å². The van der Waals surface area contributed by atoms with E-state index in [0.717, 1.165) is 18.4 Å². The summed E-state index contributed by atoms with van der Waals surface area (Å²) in [6.45, 7) is 0.823. The first-order valence-electron chi connectivity index (χ1n) is 8.53. The third-order valence-electron chi connectivity index (χ3n) is 4.95. The molecular weight excluding hydrogens is 350 g/mol. The molecule has 0 spiro atoms. The van der Waals surface area contributed by atoms with Crippen molar-refractivity contribution in [2.45, 2.75) is 31.5 Å². The van der Waals surface area contributed by atoms with Crippen molar-refractivity contribution in [3.63, 3.8) is 0 Å². The Hall–Kier alpha value is -2.62. The van der Waals surface area contributed by atoms with Crippen LogP contribution in [0, 0.1) is 17.2 Å². The smallest absolute Gasteiger partial charge is 0.103 e. The number of aromatic nitrogens is 3. The number of halogens is 1. The van der Waals surface area contributed by atoms with Crippen LogP contribution in [-0.2, 0) is 6.54 Å². The summed E-state index contributed by atoms with van der Waals surface area (Å²) in [5.74, 6) is 0.346. The lowest BCUT2D eigenvalue weighted by atomic mass is 10.1. The molecule has 0 bridgehead atoms. The number of pyridine rings is 1. The number of aliphatic hydroxyl groups excluding tert-OH is 1. The number of hydrogen-bond acceptors (Lipinski definition) is 5. The Bertz CT molecular complexity index is 966. The van der Waals surface area contributed by atoms with Gasteiger partial charge >= 0.3 is 0 Å². The Morgan fingerprint density at radius 2 is 2.27 bits per heavy atom. The lowest BCUT2D eigenvalue weighted by molar-refractivity contribution is 0.166. The zero-order chi connectivity index (χ0) is 18.1. The Balaban J connectivity index is 1.61. The summed E-state index contributed by atoms with van der Waals surface area (Å²) in [6, 6.07) is 7.56. The third kappa shape index (κ3) is 3.12. The Morgan fingerprint density at radius 3 is 3.04 bits per heavy atom. The highest BCUT2D eigenvalue weighted by Gasteiger charge is 2.33. The van der Waals surface area contributed by atoms with Gasteiger partial charge in [0.2, 0.25) is 0 Å². The molecule has 0 saturated heterocycles. The zero-order valence-electron chi connectivity index (χ0n) is 14.0. The molecule has 1 unspecified atom stereocenters. The number of nitrogens with zero attached hydrogens (tertiary/aromatic N) is 4. The molecule has 1 saturated carbocycles. The molecule has 1 aromatic carbocycles. The van der Waals surface area contributed by atoms with E-state index in [1.807, 2.05) is 22.9 Å². The number of anilines is 1. The molecule has 1 fully saturated rings. The number of nitriles is 1. The molecule has 132 valence electrons. The molecule has 0 aliphatic heterocycles. The van der Waals surface area contributed by atoms with Gasteiger partial charge in [-0.05, 0) is 24.8 Å². The van der Waals surface area contributed by atoms with E-state index in [1.54, 1.807) is 18.6 Å². The van der Waals surface area contributed by atoms with E-state index in [2.05, 4.69) is 21.4 Å². The average molecular weight is 368 g/mol. The Labute approximate surface area is 156 Å². The summed E-state index contributed by atoms with van der Waals surface area (Å²) in [6.07, 6.45) is 8.06. The molecule has 2 heterocycles. The summed E-state index contributed by atoms with van der Waals surface area (Å²) in [7, 11) is 0. The number of fused-ring (bicyclic) bond motifs is 1. The van der Waals surface area contributed by atoms with Crippen LogP contribution in [0.5, 0.6) is 0 Å². The van der Waals surface area contributed by atoms with Gasteiger partial charge in [0.05, 0.1) is 40.3 Å². The van der Waals surface area contributed by atoms with Gasteiger partial charge in [0.15, 0.2) is 0 Å². The second-order valence-electron chi connectivity index (χ2n) is 6.71. The molecule has 3 aromatic rings. The van der Waals surface area contributed by atoms with Crippen LogP contribution >= 0.6 is 11.6 Å². The van der Waals surface area contributed by atoms with Gasteiger partial charge in [0, 0.05) is 30.5 Å². The molecule has 0 radical (unpaired) electrons. The fourth-order valence-electron chi connectivity index (χ4n) is 3.73. The molecule has 2 aromatic heterocycles. The van der Waals surface area contributed by atoms with Gasteiger partial charge in [-0.3, -0.25) is 4.98 Å². The predicted molar refractivity (Wildman–Crippen MR) is 99.8 cm³/mol. The van der Waals surface area contributed by atoms with Gasteiger partial charge in [-0.25, -0.2) is 4.98 Å². The number of imidazole rings is 1. The summed E-state index contributed by atoms with van der Waals surface area (Å²) in [5, 5.41) is 24.7. The number of nitrogens with one attached hydrogen (secondary N) is 1. The maximum atomic E-state index is 10.5. The second kappa shape index (κ2) is 6.94. The first-order chi connectivity index (χ1) is 12.7. The first kappa shape index (κ1) is 16.8. The van der Waals surface area contributed by atoms with E-state index in [0.29, 0.717) is 34.1 Å². The van der Waals surface area contributed by atoms with Gasteiger partial charge in [-0.1, -0.05) is 23.7 Å². The van der Waals surface area contributed by atoms with Crippen LogP contribution in [0.15, 0.2) is 43.1 Å². The van der Waals surface area contributed by atoms with Crippen LogP contribution < -0.4 is 5.32 Å². The molecule has 1 aliphatic rings. The molecule has 26 heavy (non-hydrogen) atoms. The fourth-order valence-corrected chi connectivity index (χ4v) is 3.95. The van der Waals surface area contributed by atoms with Crippen molar-refractivity contribution in [2.24, 2.45) is 5.92 Å². The van der Waals surface area contributed by atoms with E-state index in [9.17, 15) is 10.4 Å². The highest BCUT2D eigenvalue weighted by Crippen LogP contribution is 2.34. The molecule has 3 atom stereocenters. The SMILES string of the molecule is N#Cc1cnc2c(Cl)cccc2c1N[C@@H]1CC(Cn2ccnc2)C[C@H]1O. The number of benzene rings is 1. The van der Waals surface area contributed by atoms with Gasteiger partial charge in [0.25, 0.3) is 0 Å². The van der Waals surface area contributed by atoms with E-state index >= 15 is 0 Å². The second-order valence-corrected chi connectivity index (χ2v) is 7.12. The molecule has 0 amide bonds. The standard InChI is InChI=1S/C19H18ClN5O/c20-15-3-1-2-14-18(13(8-21)9-23-19(14)15)24-16-6-12(7-17(16)26)10-25-5-4-22-11-25/h1-5,9,11-12,16-17,26H,6-7,10H2,(H,23,24)/t12?,16-,17-/m1/s1. The largest absolute Gasteiger partial charge is 0.391 e. The number of aliphatic hydroxyl groups is 1. The van der Waals surface area contributed by atoms with Crippen LogP contribution in [0.1, 0.15) is 18.4 Å². The van der Waals surface area contributed by atoms with Crippen LogP contribution in [0.4, 0.5) is 5.69 Å². The van der Waals surface area contributed by atoms with Gasteiger partial charge in [-0.2, -0.15) is 5.26 Å². The van der Waals surface area contributed by atoms with Crippen LogP contribution in [0.3, 0.4) is 0 Å². The number of para-hydroxylation sites is 1. The van der Waals surface area contributed by atoms with Gasteiger partial charge in [0.1, 0.15) is 6.07 Å². The van der Waals surface area contributed by atoms with E-state index in [-0.39, 0.29) is 6.04 Å². The van der Waals surface area contributed by atoms with Crippen molar-refractivity contribution in [1.82, 2.24) is 14.5 Å². The maximum Gasteiger partial charge on any atom is 0.103 e. The minimum absolute atomic E-state index is 0.125. The summed E-state index contributed by atoms with van der Waals surface area (Å²) >= 11 is 6.24. The molecular formula is C19H18ClN5O. The number of hydrogen-bond donors (Lipinski definition) is 2. The Kier molecular flexibility index (Phi) is 4.49. The third-order valence-corrected chi connectivity index (χ3v) is 5.26. The molecule has 7 heteroatoms. The quantitative estimate of drug-likeness (QED) is 0.739. The molecule has 6 nitrogen and oxygen atoms in total.